The summed E-state index contributed by atoms with van der Waals surface area (Å²) >= 11 is 0. The van der Waals surface area contributed by atoms with E-state index in [2.05, 4.69) is 239 Å². The van der Waals surface area contributed by atoms with Crippen LogP contribution in [0.5, 0.6) is 0 Å². The number of benzene rings is 9. The molecule has 0 amide bonds. The molecule has 11 aromatic rings. The van der Waals surface area contributed by atoms with Crippen molar-refractivity contribution >= 4 is 21.8 Å². The van der Waals surface area contributed by atoms with Crippen LogP contribution in [0.1, 0.15) is 49.9 Å². The van der Waals surface area contributed by atoms with Gasteiger partial charge < -0.3 is 4.57 Å². The minimum absolute atomic E-state index is 0.165. The Morgan fingerprint density at radius 3 is 1.39 bits per heavy atom. The number of para-hydroxylation sites is 1. The largest absolute Gasteiger partial charge is 0.309 e. The second kappa shape index (κ2) is 14.7. The molecule has 9 aromatic carbocycles. The van der Waals surface area contributed by atoms with E-state index < -0.39 is 0 Å². The minimum atomic E-state index is -0.165. The summed E-state index contributed by atoms with van der Waals surface area (Å²) < 4.78 is 2.39. The second-order valence-electron chi connectivity index (χ2n) is 19.2. The molecule has 2 aromatic heterocycles. The van der Waals surface area contributed by atoms with Gasteiger partial charge in [0.25, 0.3) is 0 Å². The normalized spacial score (nSPS) is 13.9. The Morgan fingerprint density at radius 1 is 0.313 bits per heavy atom. The van der Waals surface area contributed by atoms with Crippen LogP contribution in [-0.2, 0) is 10.8 Å². The first-order valence-corrected chi connectivity index (χ1v) is 23.3. The molecule has 2 heterocycles. The zero-order chi connectivity index (χ0) is 45.0. The lowest BCUT2D eigenvalue weighted by Gasteiger charge is -2.22. The van der Waals surface area contributed by atoms with Crippen LogP contribution in [0.2, 0.25) is 0 Å². The highest BCUT2D eigenvalue weighted by atomic mass is 15.0. The van der Waals surface area contributed by atoms with Crippen LogP contribution in [0.4, 0.5) is 0 Å². The molecule has 0 spiro atoms. The van der Waals surface area contributed by atoms with Crippen molar-refractivity contribution in [2.24, 2.45) is 0 Å². The second-order valence-corrected chi connectivity index (χ2v) is 19.2. The van der Waals surface area contributed by atoms with Crippen LogP contribution < -0.4 is 0 Å². The minimum Gasteiger partial charge on any atom is -0.309 e. The van der Waals surface area contributed by atoms with Gasteiger partial charge in [0.1, 0.15) is 0 Å². The average molecular weight is 859 g/mol. The van der Waals surface area contributed by atoms with E-state index in [-0.39, 0.29) is 10.8 Å². The van der Waals surface area contributed by atoms with E-state index in [9.17, 15) is 0 Å². The summed E-state index contributed by atoms with van der Waals surface area (Å²) in [5, 5.41) is 2.41. The SMILES string of the molecule is CC1(C)c2ccccc2-c2ccc(-c3nc(-c4cccc(-c5cccc6c5c5cc(-c7ccccc7)ccc5n6-c5ccccc5)c4)nc(-c4ccc5c(c4)C(C)(C)c4ccccc4-5)n3)cc21. The zero-order valence-corrected chi connectivity index (χ0v) is 37.9. The van der Waals surface area contributed by atoms with E-state index in [1.807, 2.05) is 0 Å². The molecule has 0 radical (unpaired) electrons. The Balaban J connectivity index is 0.999. The zero-order valence-electron chi connectivity index (χ0n) is 37.9. The van der Waals surface area contributed by atoms with Gasteiger partial charge in [0.05, 0.1) is 11.0 Å². The molecular weight excluding hydrogens is 813 g/mol. The Bertz CT molecular complexity index is 3680. The van der Waals surface area contributed by atoms with Crippen molar-refractivity contribution in [3.63, 3.8) is 0 Å². The number of aromatic nitrogens is 4. The van der Waals surface area contributed by atoms with E-state index in [1.54, 1.807) is 0 Å². The van der Waals surface area contributed by atoms with E-state index >= 15 is 0 Å². The standard InChI is InChI=1S/C63H46N4/c1-62(2)52-26-13-11-23-47(52)49-32-29-43(37-54(49)62)60-64-59(65-61(66-60)44-30-33-50-48-24-12-14-27-53(48)63(3,4)55(50)38-44)42-20-15-19-41(35-42)46-25-16-28-57-58(46)51-36-40(39-17-7-5-8-18-39)31-34-56(51)67(57)45-21-9-6-10-22-45/h5-38H,1-4H3. The molecular formula is C63H46N4. The fourth-order valence-electron chi connectivity index (χ4n) is 11.3. The molecule has 0 fully saturated rings. The Kier molecular flexibility index (Phi) is 8.57. The molecule has 13 rings (SSSR count). The maximum Gasteiger partial charge on any atom is 0.164 e. The molecule has 0 atom stereocenters. The van der Waals surface area contributed by atoms with Crippen LogP contribution in [0, 0.1) is 0 Å². The predicted octanol–water partition coefficient (Wildman–Crippen LogP) is 15.9. The van der Waals surface area contributed by atoms with E-state index in [0.29, 0.717) is 17.5 Å². The van der Waals surface area contributed by atoms with Gasteiger partial charge in [-0.25, -0.2) is 15.0 Å². The molecule has 67 heavy (non-hydrogen) atoms. The van der Waals surface area contributed by atoms with Crippen molar-refractivity contribution in [1.29, 1.82) is 0 Å². The molecule has 0 unspecified atom stereocenters. The van der Waals surface area contributed by atoms with Gasteiger partial charge in [-0.15, -0.1) is 0 Å². The molecule has 0 saturated carbocycles. The third-order valence-corrected chi connectivity index (χ3v) is 14.7. The van der Waals surface area contributed by atoms with Gasteiger partial charge in [0.2, 0.25) is 0 Å². The van der Waals surface area contributed by atoms with Crippen LogP contribution in [-0.4, -0.2) is 19.5 Å². The van der Waals surface area contributed by atoms with Gasteiger partial charge in [-0.1, -0.05) is 185 Å². The van der Waals surface area contributed by atoms with Crippen LogP contribution in [0.15, 0.2) is 206 Å². The third kappa shape index (κ3) is 6.02. The van der Waals surface area contributed by atoms with Crippen molar-refractivity contribution in [3.05, 3.63) is 229 Å². The average Bonchev–Trinajstić information content (AvgIpc) is 3.93. The van der Waals surface area contributed by atoms with Crippen molar-refractivity contribution in [3.8, 4) is 84.4 Å². The number of nitrogens with zero attached hydrogens (tertiary/aromatic N) is 4. The lowest BCUT2D eigenvalue weighted by molar-refractivity contribution is 0.660. The topological polar surface area (TPSA) is 43.6 Å². The summed E-state index contributed by atoms with van der Waals surface area (Å²) in [5.41, 5.74) is 21.0. The van der Waals surface area contributed by atoms with Gasteiger partial charge in [-0.3, -0.25) is 0 Å². The summed E-state index contributed by atoms with van der Waals surface area (Å²) in [6.07, 6.45) is 0. The van der Waals surface area contributed by atoms with Gasteiger partial charge in [0.15, 0.2) is 17.5 Å². The number of rotatable bonds is 6. The molecule has 318 valence electrons. The Hall–Kier alpha value is -8.21. The molecule has 4 heteroatoms. The summed E-state index contributed by atoms with van der Waals surface area (Å²) in [4.78, 5) is 16.1. The van der Waals surface area contributed by atoms with Crippen molar-refractivity contribution in [2.75, 3.05) is 0 Å². The maximum atomic E-state index is 5.36. The van der Waals surface area contributed by atoms with Gasteiger partial charge in [0, 0.05) is 44.0 Å². The van der Waals surface area contributed by atoms with Crippen LogP contribution in [0.25, 0.3) is 106 Å². The third-order valence-electron chi connectivity index (χ3n) is 14.7. The molecule has 0 N–H and O–H groups in total. The number of hydrogen-bond donors (Lipinski definition) is 0. The molecule has 2 aliphatic rings. The lowest BCUT2D eigenvalue weighted by atomic mass is 9.82. The fourth-order valence-corrected chi connectivity index (χ4v) is 11.3. The molecule has 0 saturated heterocycles. The molecule has 4 nitrogen and oxygen atoms in total. The van der Waals surface area contributed by atoms with Crippen LogP contribution >= 0.6 is 0 Å². The van der Waals surface area contributed by atoms with Crippen molar-refractivity contribution in [1.82, 2.24) is 19.5 Å². The lowest BCUT2D eigenvalue weighted by Crippen LogP contribution is -2.15. The van der Waals surface area contributed by atoms with E-state index in [0.717, 1.165) is 44.5 Å². The van der Waals surface area contributed by atoms with Gasteiger partial charge in [-0.2, -0.15) is 0 Å². The quantitative estimate of drug-likeness (QED) is 0.167. The highest BCUT2D eigenvalue weighted by Crippen LogP contribution is 2.51. The van der Waals surface area contributed by atoms with E-state index in [1.165, 1.54) is 66.4 Å². The number of hydrogen-bond acceptors (Lipinski definition) is 3. The monoisotopic (exact) mass is 858 g/mol. The van der Waals surface area contributed by atoms with E-state index in [4.69, 9.17) is 15.0 Å². The van der Waals surface area contributed by atoms with Crippen molar-refractivity contribution < 1.29 is 0 Å². The highest BCUT2D eigenvalue weighted by Gasteiger charge is 2.37. The summed E-state index contributed by atoms with van der Waals surface area (Å²) in [5.74, 6) is 1.95. The van der Waals surface area contributed by atoms with Gasteiger partial charge in [-0.05, 0) is 115 Å². The molecule has 2 aliphatic carbocycles. The Labute approximate surface area is 391 Å². The molecule has 0 bridgehead atoms. The summed E-state index contributed by atoms with van der Waals surface area (Å²) in [6, 6.07) is 74.7. The van der Waals surface area contributed by atoms with Crippen molar-refractivity contribution in [2.45, 2.75) is 38.5 Å². The summed E-state index contributed by atoms with van der Waals surface area (Å²) in [7, 11) is 0. The predicted molar refractivity (Wildman–Crippen MR) is 276 cm³/mol. The van der Waals surface area contributed by atoms with Gasteiger partial charge >= 0.3 is 0 Å². The molecule has 0 aliphatic heterocycles. The first-order chi connectivity index (χ1) is 32.7. The first kappa shape index (κ1) is 39.2. The maximum absolute atomic E-state index is 5.36. The first-order valence-electron chi connectivity index (χ1n) is 23.3. The Morgan fingerprint density at radius 2 is 0.776 bits per heavy atom. The summed E-state index contributed by atoms with van der Waals surface area (Å²) in [6.45, 7) is 9.28. The number of fused-ring (bicyclic) bond motifs is 9. The smallest absolute Gasteiger partial charge is 0.164 e. The highest BCUT2D eigenvalue weighted by molar-refractivity contribution is 6.16. The van der Waals surface area contributed by atoms with Crippen LogP contribution in [0.3, 0.4) is 0 Å². The fraction of sp³-hybridized carbons (Fsp3) is 0.0952.